The lowest BCUT2D eigenvalue weighted by Gasteiger charge is -2.35. The highest BCUT2D eigenvalue weighted by molar-refractivity contribution is 6.04. The molecule has 2 amide bonds. The Balaban J connectivity index is 1.14. The fourth-order valence-corrected chi connectivity index (χ4v) is 5.59. The highest BCUT2D eigenvalue weighted by Crippen LogP contribution is 2.30. The van der Waals surface area contributed by atoms with Crippen molar-refractivity contribution in [1.82, 2.24) is 19.9 Å². The molecule has 4 aromatic rings. The Morgan fingerprint density at radius 1 is 0.933 bits per heavy atom. The Hall–Kier alpha value is -4.84. The van der Waals surface area contributed by atoms with Crippen molar-refractivity contribution in [2.75, 3.05) is 54.9 Å². The average molecular weight is 616 g/mol. The van der Waals surface area contributed by atoms with Crippen molar-refractivity contribution in [2.45, 2.75) is 26.3 Å². The lowest BCUT2D eigenvalue weighted by molar-refractivity contribution is 0.0303. The largest absolute Gasteiger partial charge is 0.379 e. The van der Waals surface area contributed by atoms with Gasteiger partial charge in [-0.15, -0.1) is 5.10 Å². The Labute approximate surface area is 260 Å². The van der Waals surface area contributed by atoms with Gasteiger partial charge in [-0.25, -0.2) is 13.5 Å². The van der Waals surface area contributed by atoms with Crippen molar-refractivity contribution in [1.29, 1.82) is 0 Å². The highest BCUT2D eigenvalue weighted by atomic mass is 19.1. The number of benzene rings is 3. The van der Waals surface area contributed by atoms with E-state index in [-0.39, 0.29) is 11.5 Å². The second-order valence-corrected chi connectivity index (χ2v) is 11.5. The van der Waals surface area contributed by atoms with Crippen molar-refractivity contribution in [3.8, 4) is 5.69 Å². The van der Waals surface area contributed by atoms with Gasteiger partial charge in [0.1, 0.15) is 17.3 Å². The van der Waals surface area contributed by atoms with Crippen molar-refractivity contribution < 1.29 is 23.1 Å². The van der Waals surface area contributed by atoms with Gasteiger partial charge < -0.3 is 25.2 Å². The summed E-state index contributed by atoms with van der Waals surface area (Å²) >= 11 is 0. The summed E-state index contributed by atoms with van der Waals surface area (Å²) in [4.78, 5) is 30.4. The number of piperidine rings is 1. The van der Waals surface area contributed by atoms with Gasteiger partial charge in [-0.2, -0.15) is 0 Å². The summed E-state index contributed by atoms with van der Waals surface area (Å²) in [5, 5.41) is 14.5. The van der Waals surface area contributed by atoms with Crippen LogP contribution in [0.2, 0.25) is 0 Å². The molecule has 0 radical (unpaired) electrons. The standard InChI is InChI=1S/C33H35F2N7O3/c1-22-7-9-40(10-8-22)31-6-5-26(19-30(31)33(44)41-11-13-45-14-12-41)36-20-28-21-42(39-38-28)29-4-2-3-27(18-29)37-32(43)23-15-24(34)17-25(35)16-23/h2-6,15-19,21-22,36H,7-14,20H2,1H3,(H,37,43). The fourth-order valence-electron chi connectivity index (χ4n) is 5.59. The third kappa shape index (κ3) is 7.28. The van der Waals surface area contributed by atoms with Crippen LogP contribution in [0.15, 0.2) is 66.9 Å². The van der Waals surface area contributed by atoms with Crippen LogP contribution in [0.4, 0.5) is 25.8 Å². The van der Waals surface area contributed by atoms with Crippen LogP contribution in [0.5, 0.6) is 0 Å². The van der Waals surface area contributed by atoms with Crippen LogP contribution < -0.4 is 15.5 Å². The number of morpholine rings is 1. The maximum absolute atomic E-state index is 13.6. The first-order chi connectivity index (χ1) is 21.8. The Morgan fingerprint density at radius 2 is 1.69 bits per heavy atom. The zero-order chi connectivity index (χ0) is 31.3. The van der Waals surface area contributed by atoms with Crippen LogP contribution in [0.1, 0.15) is 46.2 Å². The van der Waals surface area contributed by atoms with Gasteiger partial charge in [0.15, 0.2) is 0 Å². The van der Waals surface area contributed by atoms with E-state index in [1.165, 1.54) is 0 Å². The number of amides is 2. The molecule has 6 rings (SSSR count). The summed E-state index contributed by atoms with van der Waals surface area (Å²) in [6.45, 7) is 6.72. The van der Waals surface area contributed by atoms with E-state index in [9.17, 15) is 18.4 Å². The molecule has 2 N–H and O–H groups in total. The lowest BCUT2D eigenvalue weighted by atomic mass is 9.97. The Morgan fingerprint density at radius 3 is 2.44 bits per heavy atom. The average Bonchev–Trinajstić information content (AvgIpc) is 3.53. The fraction of sp³-hybridized carbons (Fsp3) is 0.333. The van der Waals surface area contributed by atoms with Crippen LogP contribution >= 0.6 is 0 Å². The predicted octanol–water partition coefficient (Wildman–Crippen LogP) is 5.12. The molecule has 234 valence electrons. The minimum atomic E-state index is -0.829. The quantitative estimate of drug-likeness (QED) is 0.284. The summed E-state index contributed by atoms with van der Waals surface area (Å²) < 4.78 is 34.2. The van der Waals surface area contributed by atoms with E-state index >= 15 is 0 Å². The van der Waals surface area contributed by atoms with Crippen molar-refractivity contribution in [3.63, 3.8) is 0 Å². The summed E-state index contributed by atoms with van der Waals surface area (Å²) in [5.74, 6) is -1.60. The zero-order valence-electron chi connectivity index (χ0n) is 25.0. The van der Waals surface area contributed by atoms with Gasteiger partial charge in [0.2, 0.25) is 0 Å². The number of aromatic nitrogens is 3. The smallest absolute Gasteiger partial charge is 0.256 e. The van der Waals surface area contributed by atoms with Crippen molar-refractivity contribution >= 4 is 28.9 Å². The Kier molecular flexibility index (Phi) is 9.01. The molecular weight excluding hydrogens is 580 g/mol. The van der Waals surface area contributed by atoms with Crippen LogP contribution in [0.25, 0.3) is 5.69 Å². The molecule has 0 spiro atoms. The Bertz CT molecular complexity index is 1660. The number of nitrogens with zero attached hydrogens (tertiary/aromatic N) is 5. The van der Waals surface area contributed by atoms with Crippen molar-refractivity contribution in [3.05, 3.63) is 95.3 Å². The molecule has 0 atom stereocenters. The molecule has 0 saturated carbocycles. The minimum Gasteiger partial charge on any atom is -0.379 e. The first kappa shape index (κ1) is 30.2. The van der Waals surface area contributed by atoms with Crippen LogP contribution in [-0.4, -0.2) is 71.1 Å². The summed E-state index contributed by atoms with van der Waals surface area (Å²) in [6, 6.07) is 15.5. The molecular formula is C33H35F2N7O3. The van der Waals surface area contributed by atoms with E-state index < -0.39 is 17.5 Å². The number of anilines is 3. The van der Waals surface area contributed by atoms with E-state index in [2.05, 4.69) is 32.8 Å². The monoisotopic (exact) mass is 615 g/mol. The van der Waals surface area contributed by atoms with Gasteiger partial charge in [0, 0.05) is 54.9 Å². The number of ether oxygens (including phenoxy) is 1. The third-order valence-electron chi connectivity index (χ3n) is 8.16. The highest BCUT2D eigenvalue weighted by Gasteiger charge is 2.25. The molecule has 3 heterocycles. The van der Waals surface area contributed by atoms with Gasteiger partial charge >= 0.3 is 0 Å². The molecule has 2 aliphatic rings. The third-order valence-corrected chi connectivity index (χ3v) is 8.16. The number of hydrogen-bond donors (Lipinski definition) is 2. The second-order valence-electron chi connectivity index (χ2n) is 11.5. The lowest BCUT2D eigenvalue weighted by Crippen LogP contribution is -2.42. The second kappa shape index (κ2) is 13.4. The number of carbonyl (C=O) groups is 2. The molecule has 10 nitrogen and oxygen atoms in total. The molecule has 45 heavy (non-hydrogen) atoms. The van der Waals surface area contributed by atoms with Crippen LogP contribution in [0, 0.1) is 17.6 Å². The topological polar surface area (TPSA) is 105 Å². The van der Waals surface area contributed by atoms with E-state index in [1.807, 2.05) is 23.1 Å². The molecule has 12 heteroatoms. The molecule has 2 fully saturated rings. The van der Waals surface area contributed by atoms with E-state index in [0.29, 0.717) is 67.5 Å². The maximum atomic E-state index is 13.6. The molecule has 0 unspecified atom stereocenters. The minimum absolute atomic E-state index is 0.0102. The zero-order valence-corrected chi connectivity index (χ0v) is 25.0. The van der Waals surface area contributed by atoms with Gasteiger partial charge in [-0.3, -0.25) is 9.59 Å². The molecule has 1 aromatic heterocycles. The SMILES string of the molecule is CC1CCN(c2ccc(NCc3cn(-c4cccc(NC(=O)c5cc(F)cc(F)c5)c4)nn3)cc2C(=O)N2CCOCC2)CC1. The van der Waals surface area contributed by atoms with Crippen LogP contribution in [-0.2, 0) is 11.3 Å². The molecule has 0 aliphatic carbocycles. The summed E-state index contributed by atoms with van der Waals surface area (Å²) in [7, 11) is 0. The number of rotatable bonds is 8. The number of carbonyl (C=O) groups excluding carboxylic acids is 2. The first-order valence-electron chi connectivity index (χ1n) is 15.1. The molecule has 0 bridgehead atoms. The normalized spacial score (nSPS) is 15.6. The van der Waals surface area contributed by atoms with Crippen molar-refractivity contribution in [2.24, 2.45) is 5.92 Å². The number of hydrogen-bond acceptors (Lipinski definition) is 7. The number of halogens is 2. The first-order valence-corrected chi connectivity index (χ1v) is 15.1. The van der Waals surface area contributed by atoms with Gasteiger partial charge in [-0.05, 0) is 67.3 Å². The van der Waals surface area contributed by atoms with Gasteiger partial charge in [0.05, 0.1) is 37.2 Å². The number of nitrogens with one attached hydrogen (secondary N) is 2. The summed E-state index contributed by atoms with van der Waals surface area (Å²) in [5.41, 5.74) is 4.04. The van der Waals surface area contributed by atoms with Gasteiger partial charge in [-0.1, -0.05) is 18.2 Å². The predicted molar refractivity (Wildman–Crippen MR) is 167 cm³/mol. The maximum Gasteiger partial charge on any atom is 0.256 e. The van der Waals surface area contributed by atoms with Crippen LogP contribution in [0.3, 0.4) is 0 Å². The van der Waals surface area contributed by atoms with E-state index in [1.54, 1.807) is 35.1 Å². The van der Waals surface area contributed by atoms with E-state index in [0.717, 1.165) is 49.4 Å². The molecule has 3 aromatic carbocycles. The van der Waals surface area contributed by atoms with E-state index in [4.69, 9.17) is 4.74 Å². The molecule has 2 saturated heterocycles. The molecule has 2 aliphatic heterocycles. The van der Waals surface area contributed by atoms with Gasteiger partial charge in [0.25, 0.3) is 11.8 Å². The summed E-state index contributed by atoms with van der Waals surface area (Å²) in [6.07, 6.45) is 3.96.